The van der Waals surface area contributed by atoms with Crippen LogP contribution >= 0.6 is 11.3 Å². The van der Waals surface area contributed by atoms with E-state index in [-0.39, 0.29) is 12.1 Å². The number of rotatable bonds is 4. The highest BCUT2D eigenvalue weighted by atomic mass is 32.1. The first-order valence-electron chi connectivity index (χ1n) is 6.02. The van der Waals surface area contributed by atoms with Gasteiger partial charge in [-0.2, -0.15) is 0 Å². The van der Waals surface area contributed by atoms with Gasteiger partial charge in [0, 0.05) is 24.0 Å². The molecule has 2 heterocycles. The van der Waals surface area contributed by atoms with Crippen LogP contribution in [0.5, 0.6) is 0 Å². The maximum absolute atomic E-state index is 9.64. The summed E-state index contributed by atoms with van der Waals surface area (Å²) in [6, 6.07) is 4.22. The molecule has 4 unspecified atom stereocenters. The van der Waals surface area contributed by atoms with Crippen molar-refractivity contribution in [1.82, 2.24) is 4.90 Å². The monoisotopic (exact) mass is 256 g/mol. The van der Waals surface area contributed by atoms with Crippen LogP contribution in [0.4, 0.5) is 0 Å². The first-order chi connectivity index (χ1) is 8.13. The lowest BCUT2D eigenvalue weighted by Gasteiger charge is -2.31. The van der Waals surface area contributed by atoms with Crippen LogP contribution in [-0.4, -0.2) is 46.5 Å². The molecule has 1 aliphatic heterocycles. The van der Waals surface area contributed by atoms with Gasteiger partial charge in [-0.1, -0.05) is 13.0 Å². The zero-order chi connectivity index (χ0) is 12.4. The van der Waals surface area contributed by atoms with E-state index in [9.17, 15) is 10.2 Å². The summed E-state index contributed by atoms with van der Waals surface area (Å²) in [6.07, 6.45) is -0.423. The fourth-order valence-corrected chi connectivity index (χ4v) is 3.30. The topological polar surface area (TPSA) is 69.7 Å². The Bertz CT molecular complexity index is 334. The van der Waals surface area contributed by atoms with Gasteiger partial charge in [0.1, 0.15) is 0 Å². The zero-order valence-corrected chi connectivity index (χ0v) is 10.8. The predicted octanol–water partition coefficient (Wildman–Crippen LogP) is 0.564. The molecule has 4 atom stereocenters. The van der Waals surface area contributed by atoms with Crippen molar-refractivity contribution in [2.24, 2.45) is 5.73 Å². The van der Waals surface area contributed by atoms with Crippen LogP contribution in [0, 0.1) is 0 Å². The molecular weight excluding hydrogens is 236 g/mol. The molecule has 1 aromatic heterocycles. The SMILES string of the molecule is CCC(N)C(c1cccs1)N1CC(O)C(O)C1. The Labute approximate surface area is 106 Å². The van der Waals surface area contributed by atoms with Crippen LogP contribution in [0.15, 0.2) is 17.5 Å². The minimum absolute atomic E-state index is 0.0335. The van der Waals surface area contributed by atoms with Crippen molar-refractivity contribution >= 4 is 11.3 Å². The molecule has 0 bridgehead atoms. The Morgan fingerprint density at radius 1 is 1.47 bits per heavy atom. The van der Waals surface area contributed by atoms with Crippen LogP contribution in [0.1, 0.15) is 24.3 Å². The largest absolute Gasteiger partial charge is 0.389 e. The Morgan fingerprint density at radius 2 is 2.12 bits per heavy atom. The van der Waals surface area contributed by atoms with Gasteiger partial charge in [0.2, 0.25) is 0 Å². The van der Waals surface area contributed by atoms with Gasteiger partial charge in [0.25, 0.3) is 0 Å². The highest BCUT2D eigenvalue weighted by Crippen LogP contribution is 2.31. The number of aliphatic hydroxyl groups is 2. The highest BCUT2D eigenvalue weighted by Gasteiger charge is 2.36. The molecule has 1 aliphatic rings. The molecule has 0 radical (unpaired) electrons. The van der Waals surface area contributed by atoms with Gasteiger partial charge in [0.15, 0.2) is 0 Å². The second-order valence-electron chi connectivity index (χ2n) is 4.62. The van der Waals surface area contributed by atoms with Gasteiger partial charge in [-0.25, -0.2) is 0 Å². The van der Waals surface area contributed by atoms with Gasteiger partial charge in [-0.15, -0.1) is 11.3 Å². The maximum atomic E-state index is 9.64. The van der Waals surface area contributed by atoms with E-state index in [4.69, 9.17) is 5.73 Å². The van der Waals surface area contributed by atoms with Gasteiger partial charge in [-0.05, 0) is 17.9 Å². The van der Waals surface area contributed by atoms with Gasteiger partial charge < -0.3 is 15.9 Å². The summed E-state index contributed by atoms with van der Waals surface area (Å²) in [5, 5.41) is 21.3. The summed E-state index contributed by atoms with van der Waals surface area (Å²) in [4.78, 5) is 3.30. The van der Waals surface area contributed by atoms with Crippen molar-refractivity contribution in [3.8, 4) is 0 Å². The minimum Gasteiger partial charge on any atom is -0.389 e. The lowest BCUT2D eigenvalue weighted by molar-refractivity contribution is 0.0572. The molecule has 0 amide bonds. The van der Waals surface area contributed by atoms with Crippen molar-refractivity contribution in [1.29, 1.82) is 0 Å². The molecule has 0 saturated carbocycles. The van der Waals surface area contributed by atoms with Gasteiger partial charge >= 0.3 is 0 Å². The fraction of sp³-hybridized carbons (Fsp3) is 0.667. The van der Waals surface area contributed by atoms with Gasteiger partial charge in [-0.3, -0.25) is 4.90 Å². The number of aliphatic hydroxyl groups excluding tert-OH is 2. The molecular formula is C12H20N2O2S. The number of nitrogens with two attached hydrogens (primary N) is 1. The third kappa shape index (κ3) is 2.69. The molecule has 96 valence electrons. The van der Waals surface area contributed by atoms with Crippen LogP contribution in [0.25, 0.3) is 0 Å². The minimum atomic E-state index is -0.651. The molecule has 17 heavy (non-hydrogen) atoms. The Morgan fingerprint density at radius 3 is 2.59 bits per heavy atom. The summed E-state index contributed by atoms with van der Waals surface area (Å²) < 4.78 is 0. The van der Waals surface area contributed by atoms with E-state index in [1.807, 2.05) is 11.4 Å². The first kappa shape index (κ1) is 13.0. The second kappa shape index (κ2) is 5.46. The molecule has 0 aliphatic carbocycles. The van der Waals surface area contributed by atoms with E-state index in [0.29, 0.717) is 13.1 Å². The molecule has 2 rings (SSSR count). The van der Waals surface area contributed by atoms with Crippen LogP contribution < -0.4 is 5.73 Å². The van der Waals surface area contributed by atoms with Crippen LogP contribution in [0.2, 0.25) is 0 Å². The third-order valence-corrected chi connectivity index (χ3v) is 4.34. The molecule has 4 N–H and O–H groups in total. The van der Waals surface area contributed by atoms with Crippen molar-refractivity contribution in [2.45, 2.75) is 37.6 Å². The quantitative estimate of drug-likeness (QED) is 0.736. The molecule has 1 saturated heterocycles. The smallest absolute Gasteiger partial charge is 0.0938 e. The number of hydrogen-bond acceptors (Lipinski definition) is 5. The predicted molar refractivity (Wildman–Crippen MR) is 68.9 cm³/mol. The Kier molecular flexibility index (Phi) is 4.17. The molecule has 0 aromatic carbocycles. The number of nitrogens with zero attached hydrogens (tertiary/aromatic N) is 1. The van der Waals surface area contributed by atoms with Gasteiger partial charge in [0.05, 0.1) is 18.2 Å². The summed E-state index contributed by atoms with van der Waals surface area (Å²) in [5.41, 5.74) is 6.18. The standard InChI is InChI=1S/C12H20N2O2S/c1-2-8(13)12(11-4-3-5-17-11)14-6-9(15)10(16)7-14/h3-5,8-10,12,15-16H,2,6-7,13H2,1H3. The van der Waals surface area contributed by atoms with Crippen molar-refractivity contribution in [3.63, 3.8) is 0 Å². The van der Waals surface area contributed by atoms with Crippen LogP contribution in [-0.2, 0) is 0 Å². The average Bonchev–Trinajstić information content (AvgIpc) is 2.91. The first-order valence-corrected chi connectivity index (χ1v) is 6.90. The normalized spacial score (nSPS) is 29.4. The van der Waals surface area contributed by atoms with Crippen molar-refractivity contribution < 1.29 is 10.2 Å². The second-order valence-corrected chi connectivity index (χ2v) is 5.60. The lowest BCUT2D eigenvalue weighted by Crippen LogP contribution is -2.40. The zero-order valence-electron chi connectivity index (χ0n) is 9.99. The molecule has 4 nitrogen and oxygen atoms in total. The van der Waals surface area contributed by atoms with E-state index in [2.05, 4.69) is 17.9 Å². The lowest BCUT2D eigenvalue weighted by atomic mass is 10.0. The fourth-order valence-electron chi connectivity index (χ4n) is 2.37. The van der Waals surface area contributed by atoms with Crippen molar-refractivity contribution in [2.75, 3.05) is 13.1 Å². The number of thiophene rings is 1. The van der Waals surface area contributed by atoms with E-state index >= 15 is 0 Å². The number of likely N-dealkylation sites (tertiary alicyclic amines) is 1. The van der Waals surface area contributed by atoms with E-state index < -0.39 is 12.2 Å². The number of β-amino-alcohol motifs (C(OH)–C–C–N with tert-alkyl or cyclic N) is 2. The van der Waals surface area contributed by atoms with Crippen molar-refractivity contribution in [3.05, 3.63) is 22.4 Å². The third-order valence-electron chi connectivity index (χ3n) is 3.39. The van der Waals surface area contributed by atoms with E-state index in [1.54, 1.807) is 11.3 Å². The molecule has 5 heteroatoms. The molecule has 1 fully saturated rings. The van der Waals surface area contributed by atoms with E-state index in [0.717, 1.165) is 6.42 Å². The van der Waals surface area contributed by atoms with Crippen LogP contribution in [0.3, 0.4) is 0 Å². The summed E-state index contributed by atoms with van der Waals surface area (Å²) >= 11 is 1.68. The van der Waals surface area contributed by atoms with E-state index in [1.165, 1.54) is 4.88 Å². The summed E-state index contributed by atoms with van der Waals surface area (Å²) in [7, 11) is 0. The summed E-state index contributed by atoms with van der Waals surface area (Å²) in [5.74, 6) is 0. The Hall–Kier alpha value is -0.460. The molecule has 1 aromatic rings. The maximum Gasteiger partial charge on any atom is 0.0938 e. The summed E-state index contributed by atoms with van der Waals surface area (Å²) in [6.45, 7) is 3.06. The highest BCUT2D eigenvalue weighted by molar-refractivity contribution is 7.10. The average molecular weight is 256 g/mol. The molecule has 0 spiro atoms. The number of hydrogen-bond donors (Lipinski definition) is 3. The Balaban J connectivity index is 2.17.